The summed E-state index contributed by atoms with van der Waals surface area (Å²) in [7, 11) is 0. The summed E-state index contributed by atoms with van der Waals surface area (Å²) in [4.78, 5) is 7.85. The molecule has 1 atom stereocenters. The van der Waals surface area contributed by atoms with Gasteiger partial charge in [0.05, 0.1) is 11.9 Å². The van der Waals surface area contributed by atoms with E-state index in [1.165, 1.54) is 6.33 Å². The fourth-order valence-electron chi connectivity index (χ4n) is 1.36. The Bertz CT molecular complexity index is 293. The second-order valence-electron chi connectivity index (χ2n) is 3.49. The summed E-state index contributed by atoms with van der Waals surface area (Å²) in [6.45, 7) is 3.10. The summed E-state index contributed by atoms with van der Waals surface area (Å²) in [5.74, 6) is 1.12. The lowest BCUT2D eigenvalue weighted by atomic mass is 10.0. The predicted octanol–water partition coefficient (Wildman–Crippen LogP) is 0.879. The quantitative estimate of drug-likeness (QED) is 0.649. The standard InChI is InChI=1S/C10H18N4O/c1-2-8(3-4-15)5-13-10-9(11)6-12-7-14-10/h6-8,15H,2-5,11H2,1H3,(H,12,13,14). The number of anilines is 2. The SMILES string of the molecule is CCC(CCO)CNc1ncncc1N. The van der Waals surface area contributed by atoms with Crippen molar-refractivity contribution >= 4 is 11.5 Å². The summed E-state index contributed by atoms with van der Waals surface area (Å²) in [6.07, 6.45) is 4.86. The Morgan fingerprint density at radius 1 is 1.60 bits per heavy atom. The number of nitrogens with zero attached hydrogens (tertiary/aromatic N) is 2. The molecular formula is C10H18N4O. The van der Waals surface area contributed by atoms with Crippen molar-refractivity contribution in [2.45, 2.75) is 19.8 Å². The van der Waals surface area contributed by atoms with E-state index < -0.39 is 0 Å². The molecule has 5 nitrogen and oxygen atoms in total. The van der Waals surface area contributed by atoms with Crippen LogP contribution >= 0.6 is 0 Å². The van der Waals surface area contributed by atoms with Crippen molar-refractivity contribution in [3.8, 4) is 0 Å². The van der Waals surface area contributed by atoms with Gasteiger partial charge in [-0.2, -0.15) is 0 Å². The maximum atomic E-state index is 8.84. The average molecular weight is 210 g/mol. The van der Waals surface area contributed by atoms with E-state index in [2.05, 4.69) is 22.2 Å². The van der Waals surface area contributed by atoms with Gasteiger partial charge in [0.2, 0.25) is 0 Å². The number of nitrogens with two attached hydrogens (primary N) is 1. The van der Waals surface area contributed by atoms with Crippen molar-refractivity contribution in [2.75, 3.05) is 24.2 Å². The van der Waals surface area contributed by atoms with Crippen LogP contribution < -0.4 is 11.1 Å². The smallest absolute Gasteiger partial charge is 0.152 e. The van der Waals surface area contributed by atoms with Crippen LogP contribution in [0.15, 0.2) is 12.5 Å². The van der Waals surface area contributed by atoms with Crippen LogP contribution in [0.25, 0.3) is 0 Å². The van der Waals surface area contributed by atoms with Crippen molar-refractivity contribution in [2.24, 2.45) is 5.92 Å². The molecule has 1 heterocycles. The minimum Gasteiger partial charge on any atom is -0.396 e. The molecule has 0 saturated heterocycles. The van der Waals surface area contributed by atoms with E-state index in [4.69, 9.17) is 10.8 Å². The molecule has 0 saturated carbocycles. The van der Waals surface area contributed by atoms with Gasteiger partial charge in [0.25, 0.3) is 0 Å². The van der Waals surface area contributed by atoms with Crippen LogP contribution in [-0.4, -0.2) is 28.2 Å². The Balaban J connectivity index is 2.45. The topological polar surface area (TPSA) is 84.1 Å². The molecule has 0 aliphatic rings. The van der Waals surface area contributed by atoms with Crippen molar-refractivity contribution in [3.63, 3.8) is 0 Å². The summed E-state index contributed by atoms with van der Waals surface area (Å²) < 4.78 is 0. The monoisotopic (exact) mass is 210 g/mol. The van der Waals surface area contributed by atoms with Gasteiger partial charge in [0, 0.05) is 13.2 Å². The van der Waals surface area contributed by atoms with Gasteiger partial charge >= 0.3 is 0 Å². The highest BCUT2D eigenvalue weighted by molar-refractivity contribution is 5.58. The number of aliphatic hydroxyl groups excluding tert-OH is 1. The van der Waals surface area contributed by atoms with Crippen LogP contribution in [0, 0.1) is 5.92 Å². The van der Waals surface area contributed by atoms with Crippen LogP contribution in [-0.2, 0) is 0 Å². The Morgan fingerprint density at radius 3 is 3.00 bits per heavy atom. The van der Waals surface area contributed by atoms with E-state index in [9.17, 15) is 0 Å². The zero-order valence-corrected chi connectivity index (χ0v) is 8.98. The molecule has 84 valence electrons. The summed E-state index contributed by atoms with van der Waals surface area (Å²) >= 11 is 0. The molecule has 0 aromatic carbocycles. The molecular weight excluding hydrogens is 192 g/mol. The third-order valence-corrected chi connectivity index (χ3v) is 2.41. The normalized spacial score (nSPS) is 12.4. The number of rotatable bonds is 6. The summed E-state index contributed by atoms with van der Waals surface area (Å²) in [5.41, 5.74) is 6.24. The highest BCUT2D eigenvalue weighted by atomic mass is 16.3. The van der Waals surface area contributed by atoms with E-state index in [1.807, 2.05) is 0 Å². The fourth-order valence-corrected chi connectivity index (χ4v) is 1.36. The first kappa shape index (κ1) is 11.7. The molecule has 5 heteroatoms. The van der Waals surface area contributed by atoms with Crippen LogP contribution in [0.1, 0.15) is 19.8 Å². The molecule has 0 bridgehead atoms. The molecule has 1 aromatic rings. The van der Waals surface area contributed by atoms with E-state index in [0.717, 1.165) is 19.4 Å². The molecule has 0 spiro atoms. The highest BCUT2D eigenvalue weighted by Gasteiger charge is 2.06. The molecule has 0 aliphatic carbocycles. The highest BCUT2D eigenvalue weighted by Crippen LogP contribution is 2.14. The van der Waals surface area contributed by atoms with Crippen molar-refractivity contribution < 1.29 is 5.11 Å². The maximum Gasteiger partial charge on any atom is 0.152 e. The number of aliphatic hydroxyl groups is 1. The molecule has 1 rings (SSSR count). The zero-order chi connectivity index (χ0) is 11.1. The Kier molecular flexibility index (Phi) is 4.83. The number of nitrogen functional groups attached to an aromatic ring is 1. The molecule has 0 fully saturated rings. The van der Waals surface area contributed by atoms with E-state index >= 15 is 0 Å². The molecule has 0 amide bonds. The number of hydrogen-bond donors (Lipinski definition) is 3. The lowest BCUT2D eigenvalue weighted by Crippen LogP contribution is -2.16. The molecule has 4 N–H and O–H groups in total. The molecule has 15 heavy (non-hydrogen) atoms. The van der Waals surface area contributed by atoms with Crippen molar-refractivity contribution in [1.82, 2.24) is 9.97 Å². The van der Waals surface area contributed by atoms with E-state index in [-0.39, 0.29) is 6.61 Å². The van der Waals surface area contributed by atoms with Gasteiger partial charge in [0.15, 0.2) is 5.82 Å². The van der Waals surface area contributed by atoms with Crippen LogP contribution in [0.5, 0.6) is 0 Å². The molecule has 0 radical (unpaired) electrons. The number of aromatic nitrogens is 2. The minimum absolute atomic E-state index is 0.222. The first-order valence-electron chi connectivity index (χ1n) is 5.18. The predicted molar refractivity (Wildman–Crippen MR) is 60.4 cm³/mol. The van der Waals surface area contributed by atoms with Gasteiger partial charge in [-0.25, -0.2) is 9.97 Å². The minimum atomic E-state index is 0.222. The Hall–Kier alpha value is -1.36. The Morgan fingerprint density at radius 2 is 2.40 bits per heavy atom. The van der Waals surface area contributed by atoms with Gasteiger partial charge < -0.3 is 16.2 Å². The molecule has 1 aromatic heterocycles. The largest absolute Gasteiger partial charge is 0.396 e. The van der Waals surface area contributed by atoms with E-state index in [0.29, 0.717) is 17.4 Å². The second kappa shape index (κ2) is 6.19. The molecule has 1 unspecified atom stereocenters. The van der Waals surface area contributed by atoms with Crippen molar-refractivity contribution in [1.29, 1.82) is 0 Å². The first-order chi connectivity index (χ1) is 7.27. The number of hydrogen-bond acceptors (Lipinski definition) is 5. The van der Waals surface area contributed by atoms with Gasteiger partial charge in [-0.3, -0.25) is 0 Å². The summed E-state index contributed by atoms with van der Waals surface area (Å²) in [5, 5.41) is 12.0. The van der Waals surface area contributed by atoms with Crippen LogP contribution in [0.3, 0.4) is 0 Å². The summed E-state index contributed by atoms with van der Waals surface area (Å²) in [6, 6.07) is 0. The zero-order valence-electron chi connectivity index (χ0n) is 8.98. The lowest BCUT2D eigenvalue weighted by molar-refractivity contribution is 0.258. The van der Waals surface area contributed by atoms with E-state index in [1.54, 1.807) is 6.20 Å². The average Bonchev–Trinajstić information content (AvgIpc) is 2.26. The van der Waals surface area contributed by atoms with Gasteiger partial charge in [-0.1, -0.05) is 13.3 Å². The van der Waals surface area contributed by atoms with Gasteiger partial charge in [-0.15, -0.1) is 0 Å². The van der Waals surface area contributed by atoms with Crippen LogP contribution in [0.4, 0.5) is 11.5 Å². The van der Waals surface area contributed by atoms with Crippen molar-refractivity contribution in [3.05, 3.63) is 12.5 Å². The first-order valence-corrected chi connectivity index (χ1v) is 5.18. The molecule has 0 aliphatic heterocycles. The Labute approximate surface area is 89.7 Å². The van der Waals surface area contributed by atoms with Crippen LogP contribution in [0.2, 0.25) is 0 Å². The number of nitrogens with one attached hydrogen (secondary N) is 1. The third-order valence-electron chi connectivity index (χ3n) is 2.41. The van der Waals surface area contributed by atoms with Gasteiger partial charge in [-0.05, 0) is 12.3 Å². The van der Waals surface area contributed by atoms with Gasteiger partial charge in [0.1, 0.15) is 6.33 Å². The third kappa shape index (κ3) is 3.71. The fraction of sp³-hybridized carbons (Fsp3) is 0.600. The second-order valence-corrected chi connectivity index (χ2v) is 3.49. The maximum absolute atomic E-state index is 8.84. The lowest BCUT2D eigenvalue weighted by Gasteiger charge is -2.15.